The van der Waals surface area contributed by atoms with Crippen LogP contribution in [-0.2, 0) is 6.54 Å². The van der Waals surface area contributed by atoms with E-state index < -0.39 is 0 Å². The summed E-state index contributed by atoms with van der Waals surface area (Å²) < 4.78 is 0. The normalized spacial score (nSPS) is 15.8. The molecule has 0 aliphatic carbocycles. The summed E-state index contributed by atoms with van der Waals surface area (Å²) in [5.74, 6) is 0.468. The molecule has 0 radical (unpaired) electrons. The first-order valence-electron chi connectivity index (χ1n) is 9.58. The van der Waals surface area contributed by atoms with E-state index >= 15 is 0 Å². The number of rotatable bonds is 4. The van der Waals surface area contributed by atoms with Crippen LogP contribution < -0.4 is 10.9 Å². The van der Waals surface area contributed by atoms with E-state index in [1.807, 2.05) is 13.0 Å². The number of benzene rings is 1. The molecule has 7 heteroatoms. The van der Waals surface area contributed by atoms with Gasteiger partial charge in [-0.15, -0.1) is 11.3 Å². The van der Waals surface area contributed by atoms with E-state index in [9.17, 15) is 9.59 Å². The summed E-state index contributed by atoms with van der Waals surface area (Å²) in [7, 11) is 0. The lowest BCUT2D eigenvalue weighted by Crippen LogP contribution is -2.44. The molecule has 0 atom stereocenters. The van der Waals surface area contributed by atoms with Crippen molar-refractivity contribution in [3.05, 3.63) is 62.5 Å². The molecule has 3 aromatic rings. The van der Waals surface area contributed by atoms with Crippen molar-refractivity contribution in [2.75, 3.05) is 13.1 Å². The van der Waals surface area contributed by atoms with Crippen LogP contribution in [0.3, 0.4) is 0 Å². The predicted octanol–water partition coefficient (Wildman–Crippen LogP) is 3.00. The summed E-state index contributed by atoms with van der Waals surface area (Å²) in [6, 6.07) is 10.6. The van der Waals surface area contributed by atoms with Gasteiger partial charge in [-0.05, 0) is 37.8 Å². The number of amides is 1. The Morgan fingerprint density at radius 3 is 2.68 bits per heavy atom. The van der Waals surface area contributed by atoms with Gasteiger partial charge in [-0.25, -0.2) is 4.98 Å². The summed E-state index contributed by atoms with van der Waals surface area (Å²) in [6.07, 6.45) is 1.86. The monoisotopic (exact) mass is 396 g/mol. The molecule has 1 fully saturated rings. The van der Waals surface area contributed by atoms with Crippen molar-refractivity contribution in [3.63, 3.8) is 0 Å². The highest BCUT2D eigenvalue weighted by molar-refractivity contribution is 7.20. The number of likely N-dealkylation sites (tertiary alicyclic amines) is 1. The summed E-state index contributed by atoms with van der Waals surface area (Å²) in [5.41, 5.74) is 1.86. The molecule has 6 nitrogen and oxygen atoms in total. The van der Waals surface area contributed by atoms with E-state index in [0.29, 0.717) is 26.5 Å². The van der Waals surface area contributed by atoms with Gasteiger partial charge in [-0.1, -0.05) is 30.3 Å². The number of fused-ring (bicyclic) bond motifs is 1. The second-order valence-electron chi connectivity index (χ2n) is 7.40. The number of nitrogens with zero attached hydrogens (tertiary/aromatic N) is 2. The smallest absolute Gasteiger partial charge is 0.261 e. The Morgan fingerprint density at radius 2 is 1.96 bits per heavy atom. The van der Waals surface area contributed by atoms with E-state index in [0.717, 1.165) is 32.5 Å². The van der Waals surface area contributed by atoms with E-state index in [1.165, 1.54) is 16.9 Å². The van der Waals surface area contributed by atoms with Crippen LogP contribution in [0.15, 0.2) is 35.1 Å². The highest BCUT2D eigenvalue weighted by atomic mass is 32.1. The summed E-state index contributed by atoms with van der Waals surface area (Å²) >= 11 is 1.30. The molecule has 1 aromatic carbocycles. The molecule has 4 rings (SSSR count). The van der Waals surface area contributed by atoms with Crippen LogP contribution in [0.4, 0.5) is 0 Å². The molecule has 1 saturated heterocycles. The van der Waals surface area contributed by atoms with Gasteiger partial charge in [0.05, 0.1) is 10.3 Å². The van der Waals surface area contributed by atoms with Crippen LogP contribution in [0.5, 0.6) is 0 Å². The van der Waals surface area contributed by atoms with Gasteiger partial charge in [-0.3, -0.25) is 14.5 Å². The summed E-state index contributed by atoms with van der Waals surface area (Å²) in [6.45, 7) is 6.45. The van der Waals surface area contributed by atoms with Gasteiger partial charge in [0.2, 0.25) is 0 Å². The Labute approximate surface area is 167 Å². The van der Waals surface area contributed by atoms with Gasteiger partial charge in [0, 0.05) is 25.7 Å². The number of piperidine rings is 1. The molecule has 0 unspecified atom stereocenters. The average Bonchev–Trinajstić information content (AvgIpc) is 3.01. The lowest BCUT2D eigenvalue weighted by atomic mass is 10.0. The Morgan fingerprint density at radius 1 is 1.25 bits per heavy atom. The summed E-state index contributed by atoms with van der Waals surface area (Å²) in [5, 5.41) is 3.69. The van der Waals surface area contributed by atoms with Gasteiger partial charge >= 0.3 is 0 Å². The maximum absolute atomic E-state index is 12.8. The number of carbonyl (C=O) groups excluding carboxylic acids is 1. The third-order valence-electron chi connectivity index (χ3n) is 5.30. The fraction of sp³-hybridized carbons (Fsp3) is 0.381. The first-order valence-corrected chi connectivity index (χ1v) is 10.4. The number of thiophene rings is 1. The minimum atomic E-state index is -0.176. The highest BCUT2D eigenvalue weighted by Crippen LogP contribution is 2.27. The maximum Gasteiger partial charge on any atom is 0.261 e. The lowest BCUT2D eigenvalue weighted by Gasteiger charge is -2.32. The zero-order valence-electron chi connectivity index (χ0n) is 16.1. The van der Waals surface area contributed by atoms with E-state index in [4.69, 9.17) is 0 Å². The molecule has 1 amide bonds. The number of hydrogen-bond donors (Lipinski definition) is 2. The second kappa shape index (κ2) is 7.85. The third-order valence-corrected chi connectivity index (χ3v) is 6.48. The number of hydrogen-bond acceptors (Lipinski definition) is 5. The predicted molar refractivity (Wildman–Crippen MR) is 112 cm³/mol. The third kappa shape index (κ3) is 3.86. The fourth-order valence-electron chi connectivity index (χ4n) is 3.80. The molecule has 0 saturated carbocycles. The van der Waals surface area contributed by atoms with Crippen LogP contribution in [0.1, 0.15) is 39.5 Å². The minimum absolute atomic E-state index is 0.0981. The second-order valence-corrected chi connectivity index (χ2v) is 8.40. The van der Waals surface area contributed by atoms with Crippen molar-refractivity contribution in [1.82, 2.24) is 20.2 Å². The lowest BCUT2D eigenvalue weighted by molar-refractivity contribution is 0.0912. The molecule has 1 aliphatic heterocycles. The van der Waals surface area contributed by atoms with Gasteiger partial charge < -0.3 is 10.3 Å². The van der Waals surface area contributed by atoms with E-state index in [2.05, 4.69) is 44.5 Å². The van der Waals surface area contributed by atoms with Crippen molar-refractivity contribution in [2.45, 2.75) is 39.3 Å². The molecular formula is C21H24N4O2S. The quantitative estimate of drug-likeness (QED) is 0.711. The van der Waals surface area contributed by atoms with Gasteiger partial charge in [0.25, 0.3) is 11.5 Å². The average molecular weight is 397 g/mol. The zero-order valence-corrected chi connectivity index (χ0v) is 16.9. The highest BCUT2D eigenvalue weighted by Gasteiger charge is 2.24. The van der Waals surface area contributed by atoms with Crippen molar-refractivity contribution in [1.29, 1.82) is 0 Å². The SMILES string of the molecule is Cc1nc2sc(C(=O)NC3CCN(Cc4ccccc4)CC3)c(C)c2c(=O)[nH]1. The number of nitrogens with one attached hydrogen (secondary N) is 2. The molecule has 0 bridgehead atoms. The number of aryl methyl sites for hydroxylation is 2. The number of carbonyl (C=O) groups is 1. The first kappa shape index (κ1) is 18.8. The van der Waals surface area contributed by atoms with E-state index in [1.54, 1.807) is 6.92 Å². The first-order chi connectivity index (χ1) is 13.5. The Kier molecular flexibility index (Phi) is 5.28. The van der Waals surface area contributed by atoms with Gasteiger partial charge in [-0.2, -0.15) is 0 Å². The molecule has 3 heterocycles. The van der Waals surface area contributed by atoms with Crippen molar-refractivity contribution < 1.29 is 4.79 Å². The largest absolute Gasteiger partial charge is 0.349 e. The van der Waals surface area contributed by atoms with Crippen LogP contribution >= 0.6 is 11.3 Å². The molecule has 2 aromatic heterocycles. The Bertz CT molecular complexity index is 1050. The van der Waals surface area contributed by atoms with Crippen LogP contribution in [0.25, 0.3) is 10.2 Å². The van der Waals surface area contributed by atoms with Gasteiger partial charge in [0.1, 0.15) is 10.7 Å². The zero-order chi connectivity index (χ0) is 19.7. The molecular weight excluding hydrogens is 372 g/mol. The standard InChI is InChI=1S/C21H24N4O2S/c1-13-17-19(26)22-14(2)23-21(17)28-18(13)20(27)24-16-8-10-25(11-9-16)12-15-6-4-3-5-7-15/h3-7,16H,8-12H2,1-2H3,(H,24,27)(H,22,23,26). The van der Waals surface area contributed by atoms with E-state index in [-0.39, 0.29) is 17.5 Å². The summed E-state index contributed by atoms with van der Waals surface area (Å²) in [4.78, 5) is 35.8. The molecule has 146 valence electrons. The fourth-order valence-corrected chi connectivity index (χ4v) is 4.93. The Hall–Kier alpha value is -2.51. The molecule has 1 aliphatic rings. The van der Waals surface area contributed by atoms with Crippen molar-refractivity contribution in [2.24, 2.45) is 0 Å². The van der Waals surface area contributed by atoms with Crippen LogP contribution in [0.2, 0.25) is 0 Å². The molecule has 0 spiro atoms. The van der Waals surface area contributed by atoms with Gasteiger partial charge in [0.15, 0.2) is 0 Å². The topological polar surface area (TPSA) is 78.1 Å². The molecule has 2 N–H and O–H groups in total. The number of aromatic nitrogens is 2. The Balaban J connectivity index is 1.40. The number of H-pyrrole nitrogens is 1. The van der Waals surface area contributed by atoms with Crippen LogP contribution in [-0.4, -0.2) is 39.9 Å². The molecule has 28 heavy (non-hydrogen) atoms. The van der Waals surface area contributed by atoms with Crippen molar-refractivity contribution in [3.8, 4) is 0 Å². The van der Waals surface area contributed by atoms with Crippen LogP contribution in [0, 0.1) is 13.8 Å². The minimum Gasteiger partial charge on any atom is -0.349 e. The maximum atomic E-state index is 12.8. The van der Waals surface area contributed by atoms with Crippen molar-refractivity contribution >= 4 is 27.5 Å². The number of aromatic amines is 1.